The number of hydrogen-bond acceptors (Lipinski definition) is 3. The number of rotatable bonds is 5. The van der Waals surface area contributed by atoms with Crippen LogP contribution in [0.4, 0.5) is 0 Å². The van der Waals surface area contributed by atoms with Crippen molar-refractivity contribution in [1.82, 2.24) is 10.2 Å². The summed E-state index contributed by atoms with van der Waals surface area (Å²) in [5.74, 6) is 0.273. The Balaban J connectivity index is 1.93. The van der Waals surface area contributed by atoms with Crippen molar-refractivity contribution in [3.8, 4) is 0 Å². The first kappa shape index (κ1) is 14.5. The fourth-order valence-corrected chi connectivity index (χ4v) is 3.70. The lowest BCUT2D eigenvalue weighted by molar-refractivity contribution is -0.131. The van der Waals surface area contributed by atoms with Gasteiger partial charge in [0.25, 0.3) is 0 Å². The number of amides is 1. The molecule has 2 unspecified atom stereocenters. The van der Waals surface area contributed by atoms with Crippen LogP contribution in [0.5, 0.6) is 0 Å². The summed E-state index contributed by atoms with van der Waals surface area (Å²) in [6, 6.07) is 5.02. The van der Waals surface area contributed by atoms with Crippen LogP contribution in [0.25, 0.3) is 0 Å². The minimum Gasteiger partial charge on any atom is -0.338 e. The van der Waals surface area contributed by atoms with Crippen LogP contribution in [-0.4, -0.2) is 35.5 Å². The van der Waals surface area contributed by atoms with E-state index in [-0.39, 0.29) is 11.9 Å². The van der Waals surface area contributed by atoms with Gasteiger partial charge in [-0.15, -0.1) is 11.3 Å². The molecule has 1 fully saturated rings. The second-order valence-electron chi connectivity index (χ2n) is 5.76. The molecule has 2 atom stereocenters. The molecule has 0 aromatic carbocycles. The topological polar surface area (TPSA) is 32.3 Å². The molecule has 0 saturated carbocycles. The van der Waals surface area contributed by atoms with Crippen molar-refractivity contribution in [2.45, 2.75) is 58.7 Å². The van der Waals surface area contributed by atoms with Gasteiger partial charge in [-0.05, 0) is 32.4 Å². The largest absolute Gasteiger partial charge is 0.338 e. The smallest absolute Gasteiger partial charge is 0.240 e. The number of carbonyl (C=O) groups excluding carboxylic acids is 1. The van der Waals surface area contributed by atoms with Gasteiger partial charge in [0, 0.05) is 34.8 Å². The van der Waals surface area contributed by atoms with Crippen LogP contribution in [0.15, 0.2) is 12.1 Å². The molecule has 1 saturated heterocycles. The highest BCUT2D eigenvalue weighted by molar-refractivity contribution is 7.11. The van der Waals surface area contributed by atoms with Gasteiger partial charge in [0.15, 0.2) is 0 Å². The van der Waals surface area contributed by atoms with E-state index in [1.165, 1.54) is 9.75 Å². The highest BCUT2D eigenvalue weighted by Gasteiger charge is 2.34. The molecular formula is C15H24N2OS. The fraction of sp³-hybridized carbons (Fsp3) is 0.667. The Morgan fingerprint density at radius 1 is 1.42 bits per heavy atom. The van der Waals surface area contributed by atoms with Crippen LogP contribution in [0.2, 0.25) is 0 Å². The highest BCUT2D eigenvalue weighted by Crippen LogP contribution is 2.21. The number of aryl methyl sites for hydroxylation is 1. The van der Waals surface area contributed by atoms with Crippen LogP contribution in [-0.2, 0) is 11.2 Å². The van der Waals surface area contributed by atoms with Crippen LogP contribution in [0.3, 0.4) is 0 Å². The van der Waals surface area contributed by atoms with Gasteiger partial charge in [-0.3, -0.25) is 4.79 Å². The molecule has 1 aromatic heterocycles. The number of hydrogen-bond donors (Lipinski definition) is 1. The van der Waals surface area contributed by atoms with Gasteiger partial charge in [0.1, 0.15) is 0 Å². The van der Waals surface area contributed by atoms with Crippen molar-refractivity contribution in [3.05, 3.63) is 21.9 Å². The van der Waals surface area contributed by atoms with E-state index in [2.05, 4.69) is 45.1 Å². The van der Waals surface area contributed by atoms with Gasteiger partial charge in [-0.1, -0.05) is 13.8 Å². The number of carbonyl (C=O) groups is 1. The van der Waals surface area contributed by atoms with Crippen LogP contribution in [0.1, 0.15) is 36.9 Å². The molecule has 0 spiro atoms. The molecule has 1 amide bonds. The van der Waals surface area contributed by atoms with E-state index in [9.17, 15) is 4.79 Å². The molecule has 19 heavy (non-hydrogen) atoms. The number of thiophene rings is 1. The molecule has 0 bridgehead atoms. The van der Waals surface area contributed by atoms with Crippen molar-refractivity contribution < 1.29 is 4.79 Å². The van der Waals surface area contributed by atoms with E-state index < -0.39 is 0 Å². The van der Waals surface area contributed by atoms with E-state index in [4.69, 9.17) is 0 Å². The normalized spacial score (nSPS) is 21.4. The maximum atomic E-state index is 12.3. The van der Waals surface area contributed by atoms with E-state index in [0.717, 1.165) is 19.4 Å². The molecule has 0 radical (unpaired) electrons. The Morgan fingerprint density at radius 3 is 2.74 bits per heavy atom. The Bertz CT molecular complexity index is 441. The Morgan fingerprint density at radius 2 is 2.16 bits per heavy atom. The summed E-state index contributed by atoms with van der Waals surface area (Å²) in [7, 11) is 0. The van der Waals surface area contributed by atoms with Crippen molar-refractivity contribution >= 4 is 17.2 Å². The number of nitrogens with one attached hydrogen (secondary N) is 1. The molecule has 1 aliphatic rings. The summed E-state index contributed by atoms with van der Waals surface area (Å²) < 4.78 is 0. The Hall–Kier alpha value is -0.870. The summed E-state index contributed by atoms with van der Waals surface area (Å²) in [4.78, 5) is 17.1. The van der Waals surface area contributed by atoms with Gasteiger partial charge >= 0.3 is 0 Å². The molecule has 1 aliphatic heterocycles. The third kappa shape index (κ3) is 3.57. The van der Waals surface area contributed by atoms with Crippen LogP contribution < -0.4 is 5.32 Å². The lowest BCUT2D eigenvalue weighted by Crippen LogP contribution is -2.44. The minimum atomic E-state index is 0.0209. The van der Waals surface area contributed by atoms with Crippen molar-refractivity contribution in [3.63, 3.8) is 0 Å². The predicted molar refractivity (Wildman–Crippen MR) is 80.6 cm³/mol. The SMILES string of the molecule is Cc1ccc(CC(C)N2CCC(NC(C)C)C2=O)s1. The molecule has 0 aliphatic carbocycles. The van der Waals surface area contributed by atoms with Gasteiger partial charge in [-0.25, -0.2) is 0 Å². The second kappa shape index (κ2) is 6.06. The van der Waals surface area contributed by atoms with Gasteiger partial charge in [0.2, 0.25) is 5.91 Å². The van der Waals surface area contributed by atoms with E-state index in [1.807, 2.05) is 16.2 Å². The zero-order valence-electron chi connectivity index (χ0n) is 12.3. The molecular weight excluding hydrogens is 256 g/mol. The van der Waals surface area contributed by atoms with Crippen LogP contribution >= 0.6 is 11.3 Å². The first-order chi connectivity index (χ1) is 8.97. The van der Waals surface area contributed by atoms with Crippen LogP contribution in [0, 0.1) is 6.92 Å². The Kier molecular flexibility index (Phi) is 4.63. The van der Waals surface area contributed by atoms with Crippen molar-refractivity contribution in [1.29, 1.82) is 0 Å². The zero-order valence-corrected chi connectivity index (χ0v) is 13.1. The lowest BCUT2D eigenvalue weighted by Gasteiger charge is -2.25. The lowest BCUT2D eigenvalue weighted by atomic mass is 10.2. The minimum absolute atomic E-state index is 0.0209. The average molecular weight is 280 g/mol. The summed E-state index contributed by atoms with van der Waals surface area (Å²) in [5.41, 5.74) is 0. The summed E-state index contributed by atoms with van der Waals surface area (Å²) in [6.07, 6.45) is 1.91. The molecule has 3 nitrogen and oxygen atoms in total. The third-order valence-electron chi connectivity index (χ3n) is 3.60. The second-order valence-corrected chi connectivity index (χ2v) is 7.13. The molecule has 2 rings (SSSR count). The van der Waals surface area contributed by atoms with Crippen molar-refractivity contribution in [2.75, 3.05) is 6.54 Å². The first-order valence-corrected chi connectivity index (χ1v) is 7.91. The highest BCUT2D eigenvalue weighted by atomic mass is 32.1. The maximum Gasteiger partial charge on any atom is 0.240 e. The predicted octanol–water partition coefficient (Wildman–Crippen LogP) is 2.59. The molecule has 4 heteroatoms. The van der Waals surface area contributed by atoms with Crippen molar-refractivity contribution in [2.24, 2.45) is 0 Å². The zero-order chi connectivity index (χ0) is 14.0. The van der Waals surface area contributed by atoms with E-state index >= 15 is 0 Å². The monoisotopic (exact) mass is 280 g/mol. The standard InChI is InChI=1S/C15H24N2OS/c1-10(2)16-14-7-8-17(15(14)18)11(3)9-13-6-5-12(4)19-13/h5-6,10-11,14,16H,7-9H2,1-4H3. The van der Waals surface area contributed by atoms with E-state index in [0.29, 0.717) is 12.1 Å². The number of nitrogens with zero attached hydrogens (tertiary/aromatic N) is 1. The molecule has 2 heterocycles. The molecule has 1 aromatic rings. The Labute approximate surface area is 120 Å². The summed E-state index contributed by atoms with van der Waals surface area (Å²) >= 11 is 1.83. The van der Waals surface area contributed by atoms with Gasteiger partial charge in [0.05, 0.1) is 6.04 Å². The maximum absolute atomic E-state index is 12.3. The summed E-state index contributed by atoms with van der Waals surface area (Å²) in [6.45, 7) is 9.35. The van der Waals surface area contributed by atoms with E-state index in [1.54, 1.807) is 0 Å². The molecule has 1 N–H and O–H groups in total. The summed E-state index contributed by atoms with van der Waals surface area (Å²) in [5, 5.41) is 3.36. The van der Waals surface area contributed by atoms with Gasteiger partial charge in [-0.2, -0.15) is 0 Å². The first-order valence-electron chi connectivity index (χ1n) is 7.09. The average Bonchev–Trinajstić information content (AvgIpc) is 2.86. The quantitative estimate of drug-likeness (QED) is 0.899. The third-order valence-corrected chi connectivity index (χ3v) is 4.62. The van der Waals surface area contributed by atoms with Gasteiger partial charge < -0.3 is 10.2 Å². The fourth-order valence-electron chi connectivity index (χ4n) is 2.69. The number of likely N-dealkylation sites (tertiary alicyclic amines) is 1. The molecule has 106 valence electrons.